The van der Waals surface area contributed by atoms with E-state index in [0.717, 1.165) is 24.2 Å². The molecule has 2 amide bonds. The van der Waals surface area contributed by atoms with Gasteiger partial charge in [0.2, 0.25) is 5.91 Å². The smallest absolute Gasteiger partial charge is 0.270 e. The average molecular weight is 374 g/mol. The van der Waals surface area contributed by atoms with E-state index < -0.39 is 5.91 Å². The lowest BCUT2D eigenvalue weighted by Crippen LogP contribution is -2.41. The van der Waals surface area contributed by atoms with Crippen LogP contribution >= 0.6 is 11.6 Å². The van der Waals surface area contributed by atoms with Crippen LogP contribution in [0.4, 0.5) is 0 Å². The van der Waals surface area contributed by atoms with Crippen LogP contribution in [0.3, 0.4) is 0 Å². The molecule has 0 bridgehead atoms. The lowest BCUT2D eigenvalue weighted by molar-refractivity contribution is -0.131. The van der Waals surface area contributed by atoms with Crippen LogP contribution in [0.2, 0.25) is 5.02 Å². The maximum Gasteiger partial charge on any atom is 0.270 e. The fourth-order valence-electron chi connectivity index (χ4n) is 2.61. The molecular formula is C19H20ClN3O3. The van der Waals surface area contributed by atoms with Crippen molar-refractivity contribution in [3.8, 4) is 5.75 Å². The molecule has 26 heavy (non-hydrogen) atoms. The van der Waals surface area contributed by atoms with Crippen LogP contribution in [0, 0.1) is 0 Å². The van der Waals surface area contributed by atoms with Crippen molar-refractivity contribution < 1.29 is 14.3 Å². The summed E-state index contributed by atoms with van der Waals surface area (Å²) in [5.41, 5.74) is 1.22. The van der Waals surface area contributed by atoms with Crippen LogP contribution in [0.1, 0.15) is 28.9 Å². The number of aromatic nitrogens is 1. The first-order valence-corrected chi connectivity index (χ1v) is 8.77. The third-order valence-corrected chi connectivity index (χ3v) is 4.41. The molecule has 0 radical (unpaired) electrons. The van der Waals surface area contributed by atoms with Gasteiger partial charge in [-0.15, -0.1) is 0 Å². The predicted molar refractivity (Wildman–Crippen MR) is 98.1 cm³/mol. The Kier molecular flexibility index (Phi) is 5.73. The average Bonchev–Trinajstić information content (AvgIpc) is 3.49. The van der Waals surface area contributed by atoms with Crippen molar-refractivity contribution in [2.45, 2.75) is 25.4 Å². The molecule has 1 aromatic heterocycles. The van der Waals surface area contributed by atoms with E-state index >= 15 is 0 Å². The Labute approximate surface area is 157 Å². The number of benzene rings is 1. The minimum absolute atomic E-state index is 0.0698. The van der Waals surface area contributed by atoms with Crippen LogP contribution < -0.4 is 10.1 Å². The summed E-state index contributed by atoms with van der Waals surface area (Å²) >= 11 is 5.86. The molecule has 6 nitrogen and oxygen atoms in total. The third-order valence-electron chi connectivity index (χ3n) is 4.17. The third kappa shape index (κ3) is 4.73. The Morgan fingerprint density at radius 3 is 2.62 bits per heavy atom. The number of amides is 2. The molecule has 1 saturated carbocycles. The van der Waals surface area contributed by atoms with Crippen LogP contribution in [-0.2, 0) is 11.3 Å². The first-order valence-electron chi connectivity index (χ1n) is 8.39. The lowest BCUT2D eigenvalue weighted by Gasteiger charge is -2.23. The van der Waals surface area contributed by atoms with Gasteiger partial charge in [0.25, 0.3) is 5.91 Å². The molecule has 0 aliphatic heterocycles. The van der Waals surface area contributed by atoms with Gasteiger partial charge in [0.15, 0.2) is 0 Å². The summed E-state index contributed by atoms with van der Waals surface area (Å²) in [4.78, 5) is 30.5. The van der Waals surface area contributed by atoms with Crippen LogP contribution in [-0.4, -0.2) is 41.4 Å². The fraction of sp³-hybridized carbons (Fsp3) is 0.316. The van der Waals surface area contributed by atoms with Crippen molar-refractivity contribution in [3.63, 3.8) is 0 Å². The van der Waals surface area contributed by atoms with E-state index in [1.807, 2.05) is 29.2 Å². The zero-order valence-corrected chi connectivity index (χ0v) is 15.2. The predicted octanol–water partition coefficient (Wildman–Crippen LogP) is 2.66. The van der Waals surface area contributed by atoms with E-state index in [-0.39, 0.29) is 24.2 Å². The molecule has 2 aromatic rings. The Morgan fingerprint density at radius 2 is 2.00 bits per heavy atom. The summed E-state index contributed by atoms with van der Waals surface area (Å²) < 4.78 is 5.15. The highest BCUT2D eigenvalue weighted by Gasteiger charge is 2.32. The van der Waals surface area contributed by atoms with Crippen molar-refractivity contribution >= 4 is 23.4 Å². The number of ether oxygens (including phenoxy) is 1. The van der Waals surface area contributed by atoms with Gasteiger partial charge < -0.3 is 15.0 Å². The monoisotopic (exact) mass is 373 g/mol. The zero-order valence-electron chi connectivity index (χ0n) is 14.4. The summed E-state index contributed by atoms with van der Waals surface area (Å²) in [6.45, 7) is 0.443. The lowest BCUT2D eigenvalue weighted by atomic mass is 10.2. The van der Waals surface area contributed by atoms with Crippen LogP contribution in [0.5, 0.6) is 5.75 Å². The van der Waals surface area contributed by atoms with E-state index in [1.165, 1.54) is 12.3 Å². The van der Waals surface area contributed by atoms with Gasteiger partial charge in [0, 0.05) is 23.8 Å². The van der Waals surface area contributed by atoms with Gasteiger partial charge in [-0.2, -0.15) is 0 Å². The van der Waals surface area contributed by atoms with Crippen molar-refractivity contribution in [1.82, 2.24) is 15.2 Å². The highest BCUT2D eigenvalue weighted by molar-refractivity contribution is 6.30. The van der Waals surface area contributed by atoms with Gasteiger partial charge in [-0.05, 0) is 42.7 Å². The van der Waals surface area contributed by atoms with Gasteiger partial charge in [0.05, 0.1) is 13.7 Å². The van der Waals surface area contributed by atoms with Crippen molar-refractivity contribution in [1.29, 1.82) is 0 Å². The number of halogens is 1. The van der Waals surface area contributed by atoms with Gasteiger partial charge in [-0.25, -0.2) is 0 Å². The molecule has 0 atom stereocenters. The molecule has 1 aliphatic rings. The summed E-state index contributed by atoms with van der Waals surface area (Å²) in [6, 6.07) is 10.9. The highest BCUT2D eigenvalue weighted by Crippen LogP contribution is 2.28. The minimum atomic E-state index is -0.416. The van der Waals surface area contributed by atoms with E-state index in [2.05, 4.69) is 10.3 Å². The fourth-order valence-corrected chi connectivity index (χ4v) is 2.77. The number of carbonyl (C=O) groups is 2. The summed E-state index contributed by atoms with van der Waals surface area (Å²) in [5, 5.41) is 3.05. The topological polar surface area (TPSA) is 71.5 Å². The van der Waals surface area contributed by atoms with Gasteiger partial charge >= 0.3 is 0 Å². The molecule has 1 fully saturated rings. The Bertz CT molecular complexity index is 791. The Morgan fingerprint density at radius 1 is 1.27 bits per heavy atom. The molecule has 1 N–H and O–H groups in total. The largest absolute Gasteiger partial charge is 0.497 e. The second kappa shape index (κ2) is 8.19. The Hall–Kier alpha value is -2.60. The maximum atomic E-state index is 12.6. The quantitative estimate of drug-likeness (QED) is 0.810. The van der Waals surface area contributed by atoms with Crippen LogP contribution in [0.25, 0.3) is 0 Å². The molecule has 0 saturated heterocycles. The molecule has 0 spiro atoms. The molecule has 0 unspecified atom stereocenters. The number of hydrogen-bond donors (Lipinski definition) is 1. The van der Waals surface area contributed by atoms with E-state index in [0.29, 0.717) is 11.6 Å². The molecule has 3 rings (SSSR count). The van der Waals surface area contributed by atoms with E-state index in [4.69, 9.17) is 16.3 Å². The number of hydrogen-bond acceptors (Lipinski definition) is 4. The molecule has 1 heterocycles. The van der Waals surface area contributed by atoms with Gasteiger partial charge in [0.1, 0.15) is 11.4 Å². The van der Waals surface area contributed by atoms with Crippen LogP contribution in [0.15, 0.2) is 42.6 Å². The minimum Gasteiger partial charge on any atom is -0.497 e. The summed E-state index contributed by atoms with van der Waals surface area (Å²) in [6.07, 6.45) is 3.44. The first-order chi connectivity index (χ1) is 12.6. The summed E-state index contributed by atoms with van der Waals surface area (Å²) in [5.74, 6) is 0.249. The number of pyridine rings is 1. The number of nitrogens with zero attached hydrogens (tertiary/aromatic N) is 2. The number of rotatable bonds is 7. The standard InChI is InChI=1S/C19H20ClN3O3/c1-26-16-6-2-13(3-7-16)12-23(15-4-5-15)18(24)11-22-19(25)17-10-14(20)8-9-21-17/h2-3,6-10,15H,4-5,11-12H2,1H3,(H,22,25). The number of methoxy groups -OCH3 is 1. The first kappa shape index (κ1) is 18.2. The van der Waals surface area contributed by atoms with Crippen molar-refractivity contribution in [3.05, 3.63) is 58.9 Å². The molecule has 136 valence electrons. The molecule has 7 heteroatoms. The normalized spacial score (nSPS) is 13.2. The SMILES string of the molecule is COc1ccc(CN(C(=O)CNC(=O)c2cc(Cl)ccn2)C2CC2)cc1. The van der Waals surface area contributed by atoms with Gasteiger partial charge in [-0.1, -0.05) is 23.7 Å². The second-order valence-electron chi connectivity index (χ2n) is 6.14. The van der Waals surface area contributed by atoms with Gasteiger partial charge in [-0.3, -0.25) is 14.6 Å². The van der Waals surface area contributed by atoms with E-state index in [9.17, 15) is 9.59 Å². The highest BCUT2D eigenvalue weighted by atomic mass is 35.5. The summed E-state index contributed by atoms with van der Waals surface area (Å²) in [7, 11) is 1.62. The molecular weight excluding hydrogens is 354 g/mol. The Balaban J connectivity index is 1.59. The molecule has 1 aliphatic carbocycles. The molecule has 1 aromatic carbocycles. The number of nitrogens with one attached hydrogen (secondary N) is 1. The zero-order chi connectivity index (χ0) is 18.5. The van der Waals surface area contributed by atoms with Crippen molar-refractivity contribution in [2.75, 3.05) is 13.7 Å². The number of carbonyl (C=O) groups excluding carboxylic acids is 2. The van der Waals surface area contributed by atoms with E-state index in [1.54, 1.807) is 13.2 Å². The van der Waals surface area contributed by atoms with Crippen molar-refractivity contribution in [2.24, 2.45) is 0 Å². The second-order valence-corrected chi connectivity index (χ2v) is 6.58. The maximum absolute atomic E-state index is 12.6.